The van der Waals surface area contributed by atoms with E-state index in [9.17, 15) is 5.11 Å². The second-order valence-corrected chi connectivity index (χ2v) is 4.94. The normalized spacial score (nSPS) is 17.9. The number of nitrogens with one attached hydrogen (secondary N) is 1. The summed E-state index contributed by atoms with van der Waals surface area (Å²) in [7, 11) is 1.68. The largest absolute Gasteiger partial charge is 0.378 e. The van der Waals surface area contributed by atoms with Crippen LogP contribution in [0.2, 0.25) is 0 Å². The molecule has 2 N–H and O–H groups in total. The molecule has 0 saturated carbocycles. The second kappa shape index (κ2) is 8.09. The maximum atomic E-state index is 9.71. The van der Waals surface area contributed by atoms with Gasteiger partial charge in [-0.2, -0.15) is 0 Å². The maximum absolute atomic E-state index is 9.71. The molecule has 0 aromatic rings. The molecule has 0 radical (unpaired) electrons. The van der Waals surface area contributed by atoms with Crippen LogP contribution in [0.3, 0.4) is 0 Å². The lowest BCUT2D eigenvalue weighted by molar-refractivity contribution is 0.130. The molecule has 1 atom stereocenters. The van der Waals surface area contributed by atoms with Gasteiger partial charge in [-0.3, -0.25) is 10.3 Å². The van der Waals surface area contributed by atoms with Gasteiger partial charge in [-0.1, -0.05) is 6.08 Å². The van der Waals surface area contributed by atoms with Crippen LogP contribution in [0.25, 0.3) is 0 Å². The zero-order valence-electron chi connectivity index (χ0n) is 12.3. The Balaban J connectivity index is 2.49. The molecule has 0 saturated heterocycles. The number of aliphatic imine (C=N–C) groups is 1. The van der Waals surface area contributed by atoms with E-state index in [0.29, 0.717) is 19.7 Å². The Morgan fingerprint density at radius 3 is 2.95 bits per heavy atom. The van der Waals surface area contributed by atoms with Crippen LogP contribution in [0.5, 0.6) is 0 Å². The van der Waals surface area contributed by atoms with Gasteiger partial charge in [0.05, 0.1) is 6.61 Å². The van der Waals surface area contributed by atoms with Gasteiger partial charge in [0.2, 0.25) is 0 Å². The number of hydrogen-bond donors (Lipinski definition) is 2. The van der Waals surface area contributed by atoms with Crippen molar-refractivity contribution in [3.63, 3.8) is 0 Å². The van der Waals surface area contributed by atoms with Gasteiger partial charge < -0.3 is 14.7 Å². The Labute approximate surface area is 115 Å². The smallest absolute Gasteiger partial charge is 0.114 e. The SMILES string of the molecule is COCC1=CC(C)=NCN1/C=C\CC(O)NC(C)C. The summed E-state index contributed by atoms with van der Waals surface area (Å²) >= 11 is 0. The van der Waals surface area contributed by atoms with E-state index in [1.54, 1.807) is 7.11 Å². The van der Waals surface area contributed by atoms with Crippen LogP contribution in [-0.4, -0.2) is 48.4 Å². The van der Waals surface area contributed by atoms with E-state index in [1.165, 1.54) is 0 Å². The fourth-order valence-electron chi connectivity index (χ4n) is 1.83. The number of aliphatic hydroxyl groups excluding tert-OH is 1. The highest BCUT2D eigenvalue weighted by Gasteiger charge is 2.11. The van der Waals surface area contributed by atoms with Crippen LogP contribution in [0, 0.1) is 0 Å². The minimum absolute atomic E-state index is 0.273. The number of methoxy groups -OCH3 is 1. The molecule has 1 aliphatic heterocycles. The van der Waals surface area contributed by atoms with Gasteiger partial charge in [-0.25, -0.2) is 0 Å². The lowest BCUT2D eigenvalue weighted by Gasteiger charge is -2.25. The second-order valence-electron chi connectivity index (χ2n) is 4.94. The molecule has 1 heterocycles. The highest BCUT2D eigenvalue weighted by molar-refractivity contribution is 5.93. The molecule has 1 aliphatic rings. The van der Waals surface area contributed by atoms with Crippen molar-refractivity contribution in [1.29, 1.82) is 0 Å². The highest BCUT2D eigenvalue weighted by atomic mass is 16.5. The molecule has 5 nitrogen and oxygen atoms in total. The Morgan fingerprint density at radius 1 is 1.58 bits per heavy atom. The average molecular weight is 267 g/mol. The molecular formula is C14H25N3O2. The summed E-state index contributed by atoms with van der Waals surface area (Å²) in [4.78, 5) is 6.40. The van der Waals surface area contributed by atoms with Crippen molar-refractivity contribution in [3.8, 4) is 0 Å². The summed E-state index contributed by atoms with van der Waals surface area (Å²) in [5.74, 6) is 0. The third-order valence-electron chi connectivity index (χ3n) is 2.68. The van der Waals surface area contributed by atoms with E-state index in [4.69, 9.17) is 4.74 Å². The number of aliphatic hydroxyl groups is 1. The van der Waals surface area contributed by atoms with Crippen LogP contribution < -0.4 is 5.32 Å². The van der Waals surface area contributed by atoms with Crippen molar-refractivity contribution < 1.29 is 9.84 Å². The highest BCUT2D eigenvalue weighted by Crippen LogP contribution is 2.11. The fraction of sp³-hybridized carbons (Fsp3) is 0.643. The molecule has 19 heavy (non-hydrogen) atoms. The van der Waals surface area contributed by atoms with Gasteiger partial charge in [0, 0.05) is 37.2 Å². The molecule has 0 spiro atoms. The first-order valence-electron chi connectivity index (χ1n) is 6.61. The van der Waals surface area contributed by atoms with Crippen molar-refractivity contribution in [2.45, 2.75) is 39.5 Å². The molecule has 0 bridgehead atoms. The standard InChI is InChI=1S/C14H25N3O2/c1-11(2)16-14(18)6-5-7-17-10-15-12(3)8-13(17)9-19-4/h5,7-8,11,14,16,18H,6,9-10H2,1-4H3/b7-5-. The minimum Gasteiger partial charge on any atom is -0.378 e. The summed E-state index contributed by atoms with van der Waals surface area (Å²) in [6, 6.07) is 0.273. The molecule has 0 aromatic heterocycles. The monoisotopic (exact) mass is 267 g/mol. The van der Waals surface area contributed by atoms with Gasteiger partial charge in [-0.05, 0) is 26.8 Å². The fourth-order valence-corrected chi connectivity index (χ4v) is 1.83. The van der Waals surface area contributed by atoms with Gasteiger partial charge in [0.15, 0.2) is 0 Å². The van der Waals surface area contributed by atoms with Crippen molar-refractivity contribution in [3.05, 3.63) is 24.0 Å². The summed E-state index contributed by atoms with van der Waals surface area (Å²) < 4.78 is 5.18. The van der Waals surface area contributed by atoms with Crippen molar-refractivity contribution >= 4 is 5.71 Å². The van der Waals surface area contributed by atoms with E-state index in [0.717, 1.165) is 11.4 Å². The first kappa shape index (κ1) is 15.9. The van der Waals surface area contributed by atoms with Crippen molar-refractivity contribution in [2.24, 2.45) is 4.99 Å². The van der Waals surface area contributed by atoms with Gasteiger partial charge in [0.25, 0.3) is 0 Å². The Morgan fingerprint density at radius 2 is 2.32 bits per heavy atom. The molecule has 1 rings (SSSR count). The van der Waals surface area contributed by atoms with Gasteiger partial charge >= 0.3 is 0 Å². The summed E-state index contributed by atoms with van der Waals surface area (Å²) in [5.41, 5.74) is 2.09. The quantitative estimate of drug-likeness (QED) is 0.686. The molecular weight excluding hydrogens is 242 g/mol. The van der Waals surface area contributed by atoms with Crippen LogP contribution in [0.1, 0.15) is 27.2 Å². The number of rotatable bonds is 7. The summed E-state index contributed by atoms with van der Waals surface area (Å²) in [5, 5.41) is 12.8. The van der Waals surface area contributed by atoms with E-state index < -0.39 is 6.23 Å². The molecule has 108 valence electrons. The van der Waals surface area contributed by atoms with Gasteiger partial charge in [0.1, 0.15) is 12.9 Å². The van der Waals surface area contributed by atoms with Crippen LogP contribution in [0.15, 0.2) is 29.0 Å². The van der Waals surface area contributed by atoms with Crippen molar-refractivity contribution in [1.82, 2.24) is 10.2 Å². The first-order chi connectivity index (χ1) is 9.02. The third-order valence-corrected chi connectivity index (χ3v) is 2.68. The number of allylic oxidation sites excluding steroid dienone is 1. The number of nitrogens with zero attached hydrogens (tertiary/aromatic N) is 2. The van der Waals surface area contributed by atoms with E-state index in [1.807, 2.05) is 44.0 Å². The predicted octanol–water partition coefficient (Wildman–Crippen LogP) is 1.47. The van der Waals surface area contributed by atoms with Crippen molar-refractivity contribution in [2.75, 3.05) is 20.4 Å². The Hall–Kier alpha value is -1.17. The Kier molecular flexibility index (Phi) is 6.77. The van der Waals surface area contributed by atoms with E-state index >= 15 is 0 Å². The zero-order chi connectivity index (χ0) is 14.3. The van der Waals surface area contributed by atoms with Crippen LogP contribution in [0.4, 0.5) is 0 Å². The van der Waals surface area contributed by atoms with E-state index in [2.05, 4.69) is 10.3 Å². The molecule has 0 aromatic carbocycles. The topological polar surface area (TPSA) is 57.1 Å². The van der Waals surface area contributed by atoms with E-state index in [-0.39, 0.29) is 6.04 Å². The minimum atomic E-state index is -0.513. The molecule has 5 heteroatoms. The number of ether oxygens (including phenoxy) is 1. The molecule has 0 amide bonds. The summed E-state index contributed by atoms with van der Waals surface area (Å²) in [6.07, 6.45) is 5.96. The lowest BCUT2D eigenvalue weighted by atomic mass is 10.2. The van der Waals surface area contributed by atoms with Crippen LogP contribution >= 0.6 is 0 Å². The third kappa shape index (κ3) is 6.00. The molecule has 1 unspecified atom stereocenters. The van der Waals surface area contributed by atoms with Gasteiger partial charge in [-0.15, -0.1) is 0 Å². The first-order valence-corrected chi connectivity index (χ1v) is 6.61. The summed E-state index contributed by atoms with van der Waals surface area (Å²) in [6.45, 7) is 7.16. The zero-order valence-corrected chi connectivity index (χ0v) is 12.3. The predicted molar refractivity (Wildman–Crippen MR) is 77.8 cm³/mol. The molecule has 0 fully saturated rings. The van der Waals surface area contributed by atoms with Crippen LogP contribution in [-0.2, 0) is 4.74 Å². The molecule has 0 aliphatic carbocycles. The maximum Gasteiger partial charge on any atom is 0.114 e. The average Bonchev–Trinajstić information content (AvgIpc) is 2.31. The number of hydrogen-bond acceptors (Lipinski definition) is 5. The lowest BCUT2D eigenvalue weighted by Crippen LogP contribution is -2.34. The Bertz CT molecular complexity index is 362.